The molecule has 0 bridgehead atoms. The van der Waals surface area contributed by atoms with Crippen molar-refractivity contribution in [1.29, 1.82) is 0 Å². The van der Waals surface area contributed by atoms with E-state index in [1.807, 2.05) is 0 Å². The number of nitrogens with zero attached hydrogens (tertiary/aromatic N) is 1. The molecule has 2 aliphatic rings. The van der Waals surface area contributed by atoms with Crippen molar-refractivity contribution in [2.75, 3.05) is 27.2 Å². The van der Waals surface area contributed by atoms with Crippen LogP contribution >= 0.6 is 0 Å². The summed E-state index contributed by atoms with van der Waals surface area (Å²) in [4.78, 5) is 2.49. The number of ether oxygens (including phenoxy) is 1. The molecule has 1 saturated heterocycles. The zero-order valence-corrected chi connectivity index (χ0v) is 15.2. The van der Waals surface area contributed by atoms with E-state index in [9.17, 15) is 0 Å². The summed E-state index contributed by atoms with van der Waals surface area (Å²) >= 11 is 0. The fourth-order valence-corrected chi connectivity index (χ4v) is 4.75. The van der Waals surface area contributed by atoms with Crippen molar-refractivity contribution >= 4 is 5.57 Å². The Morgan fingerprint density at radius 3 is 2.72 bits per heavy atom. The monoisotopic (exact) mass is 333 g/mol. The lowest BCUT2D eigenvalue weighted by molar-refractivity contribution is 0.108. The number of hydrogen-bond acceptors (Lipinski definition) is 2. The molecule has 1 aliphatic heterocycles. The highest BCUT2D eigenvalue weighted by Gasteiger charge is 2.45. The van der Waals surface area contributed by atoms with Gasteiger partial charge in [-0.15, -0.1) is 0 Å². The molecule has 2 atom stereocenters. The Morgan fingerprint density at radius 2 is 1.92 bits per heavy atom. The molecule has 25 heavy (non-hydrogen) atoms. The zero-order chi connectivity index (χ0) is 17.3. The van der Waals surface area contributed by atoms with E-state index in [2.05, 4.69) is 72.6 Å². The van der Waals surface area contributed by atoms with Gasteiger partial charge in [0.25, 0.3) is 0 Å². The summed E-state index contributed by atoms with van der Waals surface area (Å²) in [5.41, 5.74) is 4.55. The molecular formula is C23H27NO. The average Bonchev–Trinajstić information content (AvgIpc) is 2.68. The van der Waals surface area contributed by atoms with Crippen molar-refractivity contribution in [2.45, 2.75) is 24.7 Å². The van der Waals surface area contributed by atoms with Crippen LogP contribution in [0.15, 0.2) is 60.7 Å². The predicted molar refractivity (Wildman–Crippen MR) is 104 cm³/mol. The van der Waals surface area contributed by atoms with Gasteiger partial charge in [-0.3, -0.25) is 0 Å². The van der Waals surface area contributed by atoms with E-state index in [4.69, 9.17) is 4.74 Å². The normalized spacial score (nSPS) is 26.6. The summed E-state index contributed by atoms with van der Waals surface area (Å²) in [6.45, 7) is 2.34. The molecule has 0 saturated carbocycles. The van der Waals surface area contributed by atoms with Crippen LogP contribution in [-0.4, -0.2) is 32.1 Å². The Labute approximate surface area is 151 Å². The molecule has 0 unspecified atom stereocenters. The van der Waals surface area contributed by atoms with Gasteiger partial charge >= 0.3 is 0 Å². The summed E-state index contributed by atoms with van der Waals surface area (Å²) in [6, 6.07) is 19.7. The van der Waals surface area contributed by atoms with Gasteiger partial charge in [0.1, 0.15) is 5.75 Å². The number of benzene rings is 2. The van der Waals surface area contributed by atoms with Crippen molar-refractivity contribution in [2.24, 2.45) is 5.92 Å². The van der Waals surface area contributed by atoms with E-state index in [-0.39, 0.29) is 5.41 Å². The Balaban J connectivity index is 1.76. The lowest BCUT2D eigenvalue weighted by atomic mass is 9.59. The van der Waals surface area contributed by atoms with Crippen LogP contribution in [0.4, 0.5) is 0 Å². The molecular weight excluding hydrogens is 306 g/mol. The first-order valence-corrected chi connectivity index (χ1v) is 9.29. The third-order valence-corrected chi connectivity index (χ3v) is 6.20. The van der Waals surface area contributed by atoms with Gasteiger partial charge in [-0.05, 0) is 67.6 Å². The van der Waals surface area contributed by atoms with Crippen molar-refractivity contribution in [1.82, 2.24) is 4.90 Å². The third kappa shape index (κ3) is 3.00. The quantitative estimate of drug-likeness (QED) is 0.803. The minimum Gasteiger partial charge on any atom is -0.497 e. The summed E-state index contributed by atoms with van der Waals surface area (Å²) in [5, 5.41) is 0. The number of likely N-dealkylation sites (tertiary alicyclic amines) is 1. The molecule has 2 aromatic carbocycles. The highest BCUT2D eigenvalue weighted by Crippen LogP contribution is 2.51. The molecule has 0 N–H and O–H groups in total. The van der Waals surface area contributed by atoms with Crippen molar-refractivity contribution in [3.8, 4) is 5.75 Å². The third-order valence-electron chi connectivity index (χ3n) is 6.20. The highest BCUT2D eigenvalue weighted by atomic mass is 16.5. The van der Waals surface area contributed by atoms with Crippen LogP contribution in [0, 0.1) is 5.92 Å². The molecule has 1 fully saturated rings. The molecule has 0 radical (unpaired) electrons. The minimum atomic E-state index is 0.223. The molecule has 0 aromatic heterocycles. The lowest BCUT2D eigenvalue weighted by Crippen LogP contribution is -2.49. The minimum absolute atomic E-state index is 0.223. The zero-order valence-electron chi connectivity index (χ0n) is 15.2. The SMILES string of the molecule is COc1cccc([C@]23CCN(C)C[C@@H]2CC=C(c2ccccc2)C3)c1. The van der Waals surface area contributed by atoms with E-state index < -0.39 is 0 Å². The Hall–Kier alpha value is -2.06. The van der Waals surface area contributed by atoms with E-state index in [1.54, 1.807) is 7.11 Å². The van der Waals surface area contributed by atoms with Crippen LogP contribution in [0.1, 0.15) is 30.4 Å². The molecule has 0 spiro atoms. The van der Waals surface area contributed by atoms with E-state index in [1.165, 1.54) is 29.7 Å². The number of rotatable bonds is 3. The smallest absolute Gasteiger partial charge is 0.119 e. The first-order chi connectivity index (χ1) is 12.2. The number of allylic oxidation sites excluding steroid dienone is 2. The first kappa shape index (κ1) is 16.4. The average molecular weight is 333 g/mol. The van der Waals surface area contributed by atoms with Gasteiger partial charge in [0, 0.05) is 12.0 Å². The van der Waals surface area contributed by atoms with E-state index in [0.717, 1.165) is 25.1 Å². The number of hydrogen-bond donors (Lipinski definition) is 0. The Morgan fingerprint density at radius 1 is 1.08 bits per heavy atom. The van der Waals surface area contributed by atoms with Gasteiger partial charge in [-0.25, -0.2) is 0 Å². The largest absolute Gasteiger partial charge is 0.497 e. The van der Waals surface area contributed by atoms with E-state index in [0.29, 0.717) is 5.92 Å². The fraction of sp³-hybridized carbons (Fsp3) is 0.391. The maximum Gasteiger partial charge on any atom is 0.119 e. The second kappa shape index (κ2) is 6.68. The van der Waals surface area contributed by atoms with Crippen molar-refractivity contribution < 1.29 is 4.74 Å². The molecule has 130 valence electrons. The van der Waals surface area contributed by atoms with Crippen LogP contribution in [0.5, 0.6) is 5.75 Å². The van der Waals surface area contributed by atoms with Gasteiger partial charge < -0.3 is 9.64 Å². The van der Waals surface area contributed by atoms with Gasteiger partial charge in [-0.2, -0.15) is 0 Å². The lowest BCUT2D eigenvalue weighted by Gasteiger charge is -2.50. The van der Waals surface area contributed by atoms with Gasteiger partial charge in [0.05, 0.1) is 7.11 Å². The number of fused-ring (bicyclic) bond motifs is 1. The summed E-state index contributed by atoms with van der Waals surface area (Å²) < 4.78 is 5.53. The molecule has 2 heteroatoms. The van der Waals surface area contributed by atoms with Crippen LogP contribution < -0.4 is 4.74 Å². The number of methoxy groups -OCH3 is 1. The Kier molecular flexibility index (Phi) is 4.39. The molecule has 2 nitrogen and oxygen atoms in total. The van der Waals surface area contributed by atoms with Gasteiger partial charge in [-0.1, -0.05) is 48.5 Å². The second-order valence-corrected chi connectivity index (χ2v) is 7.61. The maximum absolute atomic E-state index is 5.53. The highest BCUT2D eigenvalue weighted by molar-refractivity contribution is 5.68. The van der Waals surface area contributed by atoms with Crippen LogP contribution in [0.3, 0.4) is 0 Å². The molecule has 2 aromatic rings. The van der Waals surface area contributed by atoms with Gasteiger partial charge in [0.15, 0.2) is 0 Å². The standard InChI is InChI=1S/C23H27NO/c1-24-14-13-23(20-9-6-10-22(15-20)25-2)16-19(11-12-21(23)17-24)18-7-4-3-5-8-18/h3-11,15,21H,12-14,16-17H2,1-2H3/t21-,23+/m0/s1. The molecule has 0 amide bonds. The predicted octanol–water partition coefficient (Wildman–Crippen LogP) is 4.76. The topological polar surface area (TPSA) is 12.5 Å². The summed E-state index contributed by atoms with van der Waals surface area (Å²) in [7, 11) is 4.02. The fourth-order valence-electron chi connectivity index (χ4n) is 4.75. The van der Waals surface area contributed by atoms with Crippen LogP contribution in [0.25, 0.3) is 5.57 Å². The van der Waals surface area contributed by atoms with E-state index >= 15 is 0 Å². The van der Waals surface area contributed by atoms with Gasteiger partial charge in [0.2, 0.25) is 0 Å². The Bertz CT molecular complexity index is 767. The molecule has 1 aliphatic carbocycles. The van der Waals surface area contributed by atoms with Crippen molar-refractivity contribution in [3.05, 3.63) is 71.8 Å². The van der Waals surface area contributed by atoms with Crippen molar-refractivity contribution in [3.63, 3.8) is 0 Å². The van der Waals surface area contributed by atoms with Crippen LogP contribution in [0.2, 0.25) is 0 Å². The second-order valence-electron chi connectivity index (χ2n) is 7.61. The molecule has 1 heterocycles. The maximum atomic E-state index is 5.53. The number of piperidine rings is 1. The van der Waals surface area contributed by atoms with Crippen LogP contribution in [-0.2, 0) is 5.41 Å². The summed E-state index contributed by atoms with van der Waals surface area (Å²) in [5.74, 6) is 1.64. The summed E-state index contributed by atoms with van der Waals surface area (Å²) in [6.07, 6.45) is 5.98. The molecule has 4 rings (SSSR count). The first-order valence-electron chi connectivity index (χ1n) is 9.29.